The second kappa shape index (κ2) is 11.9. The number of carboxylic acid groups (broad SMARTS) is 2. The topological polar surface area (TPSA) is 109 Å². The van der Waals surface area contributed by atoms with E-state index < -0.39 is 24.3 Å². The van der Waals surface area contributed by atoms with Crippen LogP contribution in [-0.2, 0) is 14.3 Å². The number of halogens is 6. The quantitative estimate of drug-likeness (QED) is 0.583. The Morgan fingerprint density at radius 1 is 1.14 bits per heavy atom. The molecule has 0 amide bonds. The lowest BCUT2D eigenvalue weighted by atomic mass is 9.89. The van der Waals surface area contributed by atoms with Gasteiger partial charge in [-0.05, 0) is 50.3 Å². The highest BCUT2D eigenvalue weighted by atomic mass is 19.4. The third-order valence-corrected chi connectivity index (χ3v) is 5.43. The van der Waals surface area contributed by atoms with E-state index in [0.29, 0.717) is 6.61 Å². The Bertz CT molecular complexity index is 810. The molecular formula is C21H26F6N2O6. The van der Waals surface area contributed by atoms with Gasteiger partial charge in [-0.15, -0.1) is 0 Å². The Balaban J connectivity index is 0.000000257. The zero-order valence-electron chi connectivity index (χ0n) is 18.5. The van der Waals surface area contributed by atoms with E-state index in [1.807, 2.05) is 12.1 Å². The predicted molar refractivity (Wildman–Crippen MR) is 108 cm³/mol. The fourth-order valence-corrected chi connectivity index (χ4v) is 3.78. The molecule has 2 unspecified atom stereocenters. The number of piperidine rings is 1. The molecular weight excluding hydrogens is 490 g/mol. The van der Waals surface area contributed by atoms with Crippen LogP contribution in [0.4, 0.5) is 26.3 Å². The first kappa shape index (κ1) is 28.6. The van der Waals surface area contributed by atoms with Crippen molar-refractivity contribution in [1.82, 2.24) is 9.88 Å². The van der Waals surface area contributed by atoms with Gasteiger partial charge in [0.2, 0.25) is 0 Å². The second-order valence-electron chi connectivity index (χ2n) is 8.51. The summed E-state index contributed by atoms with van der Waals surface area (Å²) in [5.74, 6) is -3.70. The lowest BCUT2D eigenvalue weighted by molar-refractivity contribution is -0.193. The minimum atomic E-state index is -5.08. The third-order valence-electron chi connectivity index (χ3n) is 5.43. The van der Waals surface area contributed by atoms with Crippen molar-refractivity contribution in [1.29, 1.82) is 0 Å². The average Bonchev–Trinajstić information content (AvgIpc) is 3.49. The van der Waals surface area contributed by atoms with Gasteiger partial charge in [-0.2, -0.15) is 26.3 Å². The van der Waals surface area contributed by atoms with Gasteiger partial charge in [-0.3, -0.25) is 4.98 Å². The van der Waals surface area contributed by atoms with E-state index >= 15 is 0 Å². The van der Waals surface area contributed by atoms with E-state index in [1.54, 1.807) is 12.4 Å². The van der Waals surface area contributed by atoms with Gasteiger partial charge < -0.3 is 24.6 Å². The normalized spacial score (nSPS) is 24.6. The molecule has 0 aromatic carbocycles. The number of rotatable bonds is 4. The maximum absolute atomic E-state index is 10.6. The van der Waals surface area contributed by atoms with E-state index in [9.17, 15) is 26.3 Å². The smallest absolute Gasteiger partial charge is 0.486 e. The van der Waals surface area contributed by atoms with Crippen LogP contribution in [-0.4, -0.2) is 82.3 Å². The van der Waals surface area contributed by atoms with Gasteiger partial charge in [0.25, 0.3) is 0 Å². The van der Waals surface area contributed by atoms with Gasteiger partial charge in [0.05, 0.1) is 18.4 Å². The fourth-order valence-electron chi connectivity index (χ4n) is 3.78. The van der Waals surface area contributed by atoms with Crippen LogP contribution in [0, 0.1) is 5.92 Å². The molecule has 0 radical (unpaired) electrons. The molecule has 0 bridgehead atoms. The predicted octanol–water partition coefficient (Wildman–Crippen LogP) is 3.76. The summed E-state index contributed by atoms with van der Waals surface area (Å²) in [5, 5.41) is 14.2. The molecule has 3 heterocycles. The number of alkyl halides is 6. The van der Waals surface area contributed by atoms with E-state index in [0.717, 1.165) is 24.6 Å². The van der Waals surface area contributed by atoms with Crippen LogP contribution in [0.15, 0.2) is 24.5 Å². The molecule has 2 saturated heterocycles. The monoisotopic (exact) mass is 516 g/mol. The van der Waals surface area contributed by atoms with Gasteiger partial charge >= 0.3 is 24.3 Å². The number of aliphatic carboxylic acids is 2. The molecule has 2 N–H and O–H groups in total. The summed E-state index contributed by atoms with van der Waals surface area (Å²) >= 11 is 0. The summed E-state index contributed by atoms with van der Waals surface area (Å²) < 4.78 is 75.7. The van der Waals surface area contributed by atoms with E-state index in [4.69, 9.17) is 29.3 Å². The largest absolute Gasteiger partial charge is 0.490 e. The molecule has 35 heavy (non-hydrogen) atoms. The Labute approximate surface area is 196 Å². The molecule has 3 aliphatic rings. The summed E-state index contributed by atoms with van der Waals surface area (Å²) in [6.45, 7) is 4.33. The molecule has 4 rings (SSSR count). The molecule has 1 aromatic heterocycles. The number of aromatic nitrogens is 1. The van der Waals surface area contributed by atoms with Crippen molar-refractivity contribution >= 4 is 11.9 Å². The molecule has 8 nitrogen and oxygen atoms in total. The van der Waals surface area contributed by atoms with E-state index in [-0.39, 0.29) is 11.7 Å². The Kier molecular flexibility index (Phi) is 9.72. The number of likely N-dealkylation sites (tertiary alicyclic amines) is 1. The first-order valence-electron chi connectivity index (χ1n) is 10.7. The lowest BCUT2D eigenvalue weighted by Crippen LogP contribution is -2.48. The second-order valence-corrected chi connectivity index (χ2v) is 8.51. The summed E-state index contributed by atoms with van der Waals surface area (Å²) in [7, 11) is 0. The summed E-state index contributed by atoms with van der Waals surface area (Å²) in [6.07, 6.45) is -0.123. The highest BCUT2D eigenvalue weighted by Gasteiger charge is 2.45. The SMILES string of the molecule is O=C(O)C(F)(F)F.O=C(O)C(F)(F)F.c1cncc(OC2COC3(CCCN(CC4CC4)C3)C2)c1. The Hall–Kier alpha value is -2.61. The highest BCUT2D eigenvalue weighted by molar-refractivity contribution is 5.73. The van der Waals surface area contributed by atoms with Crippen molar-refractivity contribution in [3.63, 3.8) is 0 Å². The molecule has 198 valence electrons. The zero-order valence-corrected chi connectivity index (χ0v) is 18.5. The maximum Gasteiger partial charge on any atom is 0.490 e. The number of hydrogen-bond acceptors (Lipinski definition) is 6. The first-order valence-corrected chi connectivity index (χ1v) is 10.7. The number of carbonyl (C=O) groups is 2. The lowest BCUT2D eigenvalue weighted by Gasteiger charge is -2.39. The minimum absolute atomic E-state index is 0.0417. The van der Waals surface area contributed by atoms with Crippen LogP contribution in [0.2, 0.25) is 0 Å². The van der Waals surface area contributed by atoms with Crippen molar-refractivity contribution in [2.24, 2.45) is 5.92 Å². The number of ether oxygens (including phenoxy) is 2. The van der Waals surface area contributed by atoms with Crippen LogP contribution in [0.25, 0.3) is 0 Å². The van der Waals surface area contributed by atoms with Crippen LogP contribution < -0.4 is 4.74 Å². The van der Waals surface area contributed by atoms with Gasteiger partial charge in [-0.1, -0.05) is 0 Å². The maximum atomic E-state index is 10.6. The van der Waals surface area contributed by atoms with Gasteiger partial charge in [0.15, 0.2) is 0 Å². The molecule has 1 aromatic rings. The zero-order chi connectivity index (χ0) is 26.3. The highest BCUT2D eigenvalue weighted by Crippen LogP contribution is 2.38. The van der Waals surface area contributed by atoms with Crippen LogP contribution in [0.1, 0.15) is 32.1 Å². The van der Waals surface area contributed by atoms with Crippen molar-refractivity contribution in [3.05, 3.63) is 24.5 Å². The number of pyridine rings is 1. The number of carboxylic acids is 2. The summed E-state index contributed by atoms with van der Waals surface area (Å²) in [4.78, 5) is 24.5. The molecule has 14 heteroatoms. The third kappa shape index (κ3) is 10.3. The molecule has 3 fully saturated rings. The van der Waals surface area contributed by atoms with Crippen molar-refractivity contribution in [2.75, 3.05) is 26.2 Å². The Morgan fingerprint density at radius 2 is 1.74 bits per heavy atom. The molecule has 2 aliphatic heterocycles. The molecule has 1 aliphatic carbocycles. The van der Waals surface area contributed by atoms with Gasteiger partial charge in [-0.25, -0.2) is 9.59 Å². The minimum Gasteiger partial charge on any atom is -0.486 e. The molecule has 1 saturated carbocycles. The van der Waals surface area contributed by atoms with Crippen molar-refractivity contribution in [2.45, 2.75) is 56.2 Å². The summed E-state index contributed by atoms with van der Waals surface area (Å²) in [5.41, 5.74) is 0.0417. The van der Waals surface area contributed by atoms with Crippen LogP contribution in [0.5, 0.6) is 5.75 Å². The van der Waals surface area contributed by atoms with Crippen molar-refractivity contribution < 1.29 is 55.6 Å². The molecule has 1 spiro atoms. The number of nitrogens with zero attached hydrogens (tertiary/aromatic N) is 2. The van der Waals surface area contributed by atoms with E-state index in [1.165, 1.54) is 38.8 Å². The Morgan fingerprint density at radius 3 is 2.23 bits per heavy atom. The summed E-state index contributed by atoms with van der Waals surface area (Å²) in [6, 6.07) is 3.89. The fraction of sp³-hybridized carbons (Fsp3) is 0.667. The molecule has 2 atom stereocenters. The van der Waals surface area contributed by atoms with Crippen LogP contribution >= 0.6 is 0 Å². The van der Waals surface area contributed by atoms with E-state index in [2.05, 4.69) is 9.88 Å². The number of hydrogen-bond donors (Lipinski definition) is 2. The van der Waals surface area contributed by atoms with Gasteiger partial charge in [0, 0.05) is 25.7 Å². The standard InChI is InChI=1S/C17H24N2O2.2C2HF3O2/c1-3-15(10-18-7-1)21-16-9-17(20-12-16)6-2-8-19(13-17)11-14-4-5-14;2*3-2(4,5)1(6)7/h1,3,7,10,14,16H,2,4-6,8-9,11-13H2;2*(H,6,7). The van der Waals surface area contributed by atoms with Gasteiger partial charge in [0.1, 0.15) is 11.9 Å². The first-order chi connectivity index (χ1) is 16.2. The van der Waals surface area contributed by atoms with Crippen molar-refractivity contribution in [3.8, 4) is 5.75 Å². The average molecular weight is 516 g/mol. The van der Waals surface area contributed by atoms with Crippen LogP contribution in [0.3, 0.4) is 0 Å².